The third-order valence-electron chi connectivity index (χ3n) is 2.76. The Labute approximate surface area is 107 Å². The molecular weight excluding hydrogens is 228 g/mol. The first-order chi connectivity index (χ1) is 8.79. The molecule has 0 bridgehead atoms. The molecule has 0 aliphatic heterocycles. The third-order valence-corrected chi connectivity index (χ3v) is 2.76. The summed E-state index contributed by atoms with van der Waals surface area (Å²) in [6.07, 6.45) is 0. The lowest BCUT2D eigenvalue weighted by atomic mass is 10.2. The molecule has 96 valence electrons. The van der Waals surface area contributed by atoms with Crippen LogP contribution in [0.3, 0.4) is 0 Å². The zero-order chi connectivity index (χ0) is 12.8. The molecule has 1 N–H and O–H groups in total. The Morgan fingerprint density at radius 1 is 1.28 bits per heavy atom. The van der Waals surface area contributed by atoms with E-state index in [4.69, 9.17) is 4.52 Å². The number of anilines is 1. The standard InChI is InChI=1S/C13H18N4O/c1-3-17(2)10-9-14-13-15-12(18-16-13)11-7-5-4-6-8-11/h4-8H,3,9-10H2,1-2H3,(H,14,16). The number of hydrogen-bond acceptors (Lipinski definition) is 5. The van der Waals surface area contributed by atoms with E-state index in [1.807, 2.05) is 30.3 Å². The van der Waals surface area contributed by atoms with Crippen molar-refractivity contribution < 1.29 is 4.52 Å². The molecule has 0 radical (unpaired) electrons. The second-order valence-electron chi connectivity index (χ2n) is 4.11. The normalized spacial score (nSPS) is 10.8. The maximum absolute atomic E-state index is 5.20. The number of nitrogens with zero attached hydrogens (tertiary/aromatic N) is 3. The molecule has 5 heteroatoms. The zero-order valence-corrected chi connectivity index (χ0v) is 10.8. The summed E-state index contributed by atoms with van der Waals surface area (Å²) < 4.78 is 5.20. The molecule has 0 atom stereocenters. The van der Waals surface area contributed by atoms with Crippen LogP contribution in [0.25, 0.3) is 11.5 Å². The number of benzene rings is 1. The smallest absolute Gasteiger partial charge is 0.263 e. The summed E-state index contributed by atoms with van der Waals surface area (Å²) in [5.74, 6) is 1.08. The molecule has 0 amide bonds. The van der Waals surface area contributed by atoms with E-state index < -0.39 is 0 Å². The molecule has 0 spiro atoms. The molecule has 0 aliphatic rings. The van der Waals surface area contributed by atoms with Crippen LogP contribution in [0.15, 0.2) is 34.9 Å². The van der Waals surface area contributed by atoms with Gasteiger partial charge < -0.3 is 14.7 Å². The first kappa shape index (κ1) is 12.6. The van der Waals surface area contributed by atoms with E-state index in [9.17, 15) is 0 Å². The highest BCUT2D eigenvalue weighted by atomic mass is 16.5. The Morgan fingerprint density at radius 3 is 2.78 bits per heavy atom. The number of nitrogens with one attached hydrogen (secondary N) is 1. The zero-order valence-electron chi connectivity index (χ0n) is 10.8. The van der Waals surface area contributed by atoms with Gasteiger partial charge in [-0.15, -0.1) is 0 Å². The summed E-state index contributed by atoms with van der Waals surface area (Å²) in [4.78, 5) is 6.51. The van der Waals surface area contributed by atoms with E-state index in [2.05, 4.69) is 34.3 Å². The van der Waals surface area contributed by atoms with E-state index in [1.54, 1.807) is 0 Å². The van der Waals surface area contributed by atoms with Crippen molar-refractivity contribution in [1.82, 2.24) is 15.0 Å². The lowest BCUT2D eigenvalue weighted by Gasteiger charge is -2.12. The van der Waals surface area contributed by atoms with Gasteiger partial charge in [-0.1, -0.05) is 25.1 Å². The van der Waals surface area contributed by atoms with Gasteiger partial charge in [-0.05, 0) is 30.9 Å². The van der Waals surface area contributed by atoms with Crippen LogP contribution in [0.4, 0.5) is 5.95 Å². The topological polar surface area (TPSA) is 54.2 Å². The molecule has 1 aromatic carbocycles. The van der Waals surface area contributed by atoms with Gasteiger partial charge in [0, 0.05) is 18.7 Å². The predicted octanol–water partition coefficient (Wildman–Crippen LogP) is 2.10. The van der Waals surface area contributed by atoms with E-state index in [0.717, 1.165) is 25.2 Å². The van der Waals surface area contributed by atoms with E-state index in [-0.39, 0.29) is 0 Å². The Balaban J connectivity index is 1.91. The van der Waals surface area contributed by atoms with E-state index >= 15 is 0 Å². The number of aromatic nitrogens is 2. The Hall–Kier alpha value is -1.88. The maximum atomic E-state index is 5.20. The fourth-order valence-electron chi connectivity index (χ4n) is 1.51. The van der Waals surface area contributed by atoms with Crippen LogP contribution in [0, 0.1) is 0 Å². The molecule has 0 unspecified atom stereocenters. The third kappa shape index (κ3) is 3.30. The number of rotatable bonds is 6. The largest absolute Gasteiger partial charge is 0.350 e. The van der Waals surface area contributed by atoms with Crippen LogP contribution in [-0.2, 0) is 0 Å². The first-order valence-electron chi connectivity index (χ1n) is 6.11. The first-order valence-corrected chi connectivity index (χ1v) is 6.11. The fourth-order valence-corrected chi connectivity index (χ4v) is 1.51. The summed E-state index contributed by atoms with van der Waals surface area (Å²) >= 11 is 0. The highest BCUT2D eigenvalue weighted by molar-refractivity contribution is 5.53. The minimum absolute atomic E-state index is 0.540. The SMILES string of the molecule is CCN(C)CCNc1noc(-c2ccccc2)n1. The molecule has 2 rings (SSSR count). The minimum Gasteiger partial charge on any atom is -0.350 e. The van der Waals surface area contributed by atoms with Gasteiger partial charge in [-0.2, -0.15) is 4.98 Å². The summed E-state index contributed by atoms with van der Waals surface area (Å²) in [7, 11) is 2.08. The Bertz CT molecular complexity index is 469. The van der Waals surface area contributed by atoms with Crippen LogP contribution in [0.5, 0.6) is 0 Å². The molecule has 1 aromatic heterocycles. The highest BCUT2D eigenvalue weighted by Crippen LogP contribution is 2.17. The lowest BCUT2D eigenvalue weighted by molar-refractivity contribution is 0.366. The van der Waals surface area contributed by atoms with E-state index in [1.165, 1.54) is 0 Å². The van der Waals surface area contributed by atoms with Crippen molar-refractivity contribution in [1.29, 1.82) is 0 Å². The second-order valence-corrected chi connectivity index (χ2v) is 4.11. The van der Waals surface area contributed by atoms with Gasteiger partial charge in [0.25, 0.3) is 11.8 Å². The van der Waals surface area contributed by atoms with Gasteiger partial charge in [0.1, 0.15) is 0 Å². The van der Waals surface area contributed by atoms with Crippen molar-refractivity contribution in [2.24, 2.45) is 0 Å². The van der Waals surface area contributed by atoms with Gasteiger partial charge in [-0.25, -0.2) is 0 Å². The molecule has 0 fully saturated rings. The van der Waals surface area contributed by atoms with Crippen molar-refractivity contribution in [2.45, 2.75) is 6.92 Å². The average molecular weight is 246 g/mol. The average Bonchev–Trinajstić information content (AvgIpc) is 2.88. The van der Waals surface area contributed by atoms with E-state index in [0.29, 0.717) is 11.8 Å². The Kier molecular flexibility index (Phi) is 4.30. The quantitative estimate of drug-likeness (QED) is 0.846. The molecule has 0 saturated heterocycles. The summed E-state index contributed by atoms with van der Waals surface area (Å²) in [5, 5.41) is 7.04. The van der Waals surface area contributed by atoms with Crippen molar-refractivity contribution in [3.05, 3.63) is 30.3 Å². The molecule has 0 saturated carbocycles. The number of hydrogen-bond donors (Lipinski definition) is 1. The van der Waals surface area contributed by atoms with Crippen LogP contribution >= 0.6 is 0 Å². The van der Waals surface area contributed by atoms with Crippen molar-refractivity contribution in [2.75, 3.05) is 32.0 Å². The van der Waals surface area contributed by atoms with Gasteiger partial charge in [-0.3, -0.25) is 0 Å². The summed E-state index contributed by atoms with van der Waals surface area (Å²) in [6.45, 7) is 4.91. The predicted molar refractivity (Wildman–Crippen MR) is 71.4 cm³/mol. The van der Waals surface area contributed by atoms with Crippen molar-refractivity contribution >= 4 is 5.95 Å². The van der Waals surface area contributed by atoms with Gasteiger partial charge in [0.15, 0.2) is 0 Å². The summed E-state index contributed by atoms with van der Waals surface area (Å²) in [5.41, 5.74) is 0.934. The molecule has 2 aromatic rings. The molecule has 0 aliphatic carbocycles. The van der Waals surface area contributed by atoms with Gasteiger partial charge >= 0.3 is 0 Å². The van der Waals surface area contributed by atoms with Gasteiger partial charge in [0.05, 0.1) is 0 Å². The summed E-state index contributed by atoms with van der Waals surface area (Å²) in [6, 6.07) is 9.75. The van der Waals surface area contributed by atoms with Crippen molar-refractivity contribution in [3.63, 3.8) is 0 Å². The minimum atomic E-state index is 0.540. The second kappa shape index (κ2) is 6.16. The van der Waals surface area contributed by atoms with Crippen LogP contribution in [0.1, 0.15) is 6.92 Å². The molecule has 18 heavy (non-hydrogen) atoms. The van der Waals surface area contributed by atoms with Crippen LogP contribution in [-0.4, -0.2) is 41.7 Å². The fraction of sp³-hybridized carbons (Fsp3) is 0.385. The lowest BCUT2D eigenvalue weighted by Crippen LogP contribution is -2.24. The van der Waals surface area contributed by atoms with Gasteiger partial charge in [0.2, 0.25) is 0 Å². The monoisotopic (exact) mass is 246 g/mol. The molecule has 5 nitrogen and oxygen atoms in total. The highest BCUT2D eigenvalue weighted by Gasteiger charge is 2.07. The Morgan fingerprint density at radius 2 is 2.06 bits per heavy atom. The van der Waals surface area contributed by atoms with Crippen molar-refractivity contribution in [3.8, 4) is 11.5 Å². The molecular formula is C13H18N4O. The van der Waals surface area contributed by atoms with Crippen LogP contribution in [0.2, 0.25) is 0 Å². The molecule has 1 heterocycles. The number of likely N-dealkylation sites (N-methyl/N-ethyl adjacent to an activating group) is 1. The maximum Gasteiger partial charge on any atom is 0.263 e. The van der Waals surface area contributed by atoms with Crippen LogP contribution < -0.4 is 5.32 Å².